The summed E-state index contributed by atoms with van der Waals surface area (Å²) in [5.74, 6) is 0.430. The molecule has 1 heterocycles. The van der Waals surface area contributed by atoms with Gasteiger partial charge in [0, 0.05) is 16.1 Å². The molecular weight excluding hydrogens is 412 g/mol. The van der Waals surface area contributed by atoms with E-state index in [2.05, 4.69) is 13.8 Å². The summed E-state index contributed by atoms with van der Waals surface area (Å²) < 4.78 is 11.8. The molecule has 0 saturated heterocycles. The van der Waals surface area contributed by atoms with Crippen molar-refractivity contribution in [3.63, 3.8) is 0 Å². The lowest BCUT2D eigenvalue weighted by Gasteiger charge is -2.12. The van der Waals surface area contributed by atoms with Crippen LogP contribution in [0.25, 0.3) is 22.3 Å². The first-order valence-electron chi connectivity index (χ1n) is 10.0. The van der Waals surface area contributed by atoms with Gasteiger partial charge in [0.2, 0.25) is 11.2 Å². The van der Waals surface area contributed by atoms with E-state index in [0.29, 0.717) is 33.0 Å². The average molecular weight is 433 g/mol. The summed E-state index contributed by atoms with van der Waals surface area (Å²) in [6, 6.07) is 21.5. The van der Waals surface area contributed by atoms with Crippen LogP contribution in [0.2, 0.25) is 5.02 Å². The van der Waals surface area contributed by atoms with E-state index in [1.807, 2.05) is 42.5 Å². The summed E-state index contributed by atoms with van der Waals surface area (Å²) in [4.78, 5) is 25.9. The predicted molar refractivity (Wildman–Crippen MR) is 123 cm³/mol. The third-order valence-corrected chi connectivity index (χ3v) is 5.33. The standard InChI is InChI=1S/C26H21ClO4/c1-16(2)17-8-10-18(11-9-17)22(28)15-30-26-24(29)21-14-20(27)12-13-23(21)31-25(26)19-6-4-3-5-7-19/h3-14,16H,15H2,1-2H3. The molecule has 3 aromatic carbocycles. The van der Waals surface area contributed by atoms with E-state index in [0.717, 1.165) is 5.56 Å². The van der Waals surface area contributed by atoms with Gasteiger partial charge in [-0.25, -0.2) is 0 Å². The van der Waals surface area contributed by atoms with Gasteiger partial charge in [-0.05, 0) is 29.7 Å². The van der Waals surface area contributed by atoms with Crippen LogP contribution in [0.5, 0.6) is 5.75 Å². The van der Waals surface area contributed by atoms with Crippen LogP contribution in [0.1, 0.15) is 35.7 Å². The Bertz CT molecular complexity index is 1290. The summed E-state index contributed by atoms with van der Waals surface area (Å²) in [5, 5.41) is 0.718. The highest BCUT2D eigenvalue weighted by Gasteiger charge is 2.19. The van der Waals surface area contributed by atoms with Gasteiger partial charge in [-0.2, -0.15) is 0 Å². The number of carbonyl (C=O) groups is 1. The van der Waals surface area contributed by atoms with E-state index >= 15 is 0 Å². The first kappa shape index (κ1) is 20.9. The Balaban J connectivity index is 1.71. The number of ketones is 1. The van der Waals surface area contributed by atoms with Gasteiger partial charge in [-0.3, -0.25) is 9.59 Å². The molecule has 4 aromatic rings. The van der Waals surface area contributed by atoms with Crippen molar-refractivity contribution < 1.29 is 13.9 Å². The smallest absolute Gasteiger partial charge is 0.235 e. The largest absolute Gasteiger partial charge is 0.478 e. The summed E-state index contributed by atoms with van der Waals surface area (Å²) in [7, 11) is 0. The van der Waals surface area contributed by atoms with Crippen LogP contribution in [0.3, 0.4) is 0 Å². The predicted octanol–water partition coefficient (Wildman–Crippen LogP) is 6.50. The highest BCUT2D eigenvalue weighted by molar-refractivity contribution is 6.31. The number of carbonyl (C=O) groups excluding carboxylic acids is 1. The second-order valence-corrected chi connectivity index (χ2v) is 8.02. The van der Waals surface area contributed by atoms with Crippen molar-refractivity contribution in [1.29, 1.82) is 0 Å². The van der Waals surface area contributed by atoms with Crippen LogP contribution in [-0.2, 0) is 0 Å². The zero-order valence-electron chi connectivity index (χ0n) is 17.2. The Labute approximate surface area is 185 Å². The lowest BCUT2D eigenvalue weighted by molar-refractivity contribution is 0.0920. The molecule has 5 heteroatoms. The Hall–Kier alpha value is -3.37. The molecule has 0 aliphatic rings. The van der Waals surface area contributed by atoms with E-state index in [-0.39, 0.29) is 29.3 Å². The minimum atomic E-state index is -0.370. The zero-order chi connectivity index (χ0) is 22.0. The molecule has 156 valence electrons. The molecule has 0 amide bonds. The van der Waals surface area contributed by atoms with E-state index in [9.17, 15) is 9.59 Å². The maximum absolute atomic E-state index is 13.2. The molecule has 0 aliphatic heterocycles. The van der Waals surface area contributed by atoms with Gasteiger partial charge in [-0.1, -0.05) is 80.0 Å². The fourth-order valence-electron chi connectivity index (χ4n) is 3.34. The molecule has 31 heavy (non-hydrogen) atoms. The third-order valence-electron chi connectivity index (χ3n) is 5.09. The average Bonchev–Trinajstić information content (AvgIpc) is 2.79. The second-order valence-electron chi connectivity index (χ2n) is 7.58. The molecule has 1 aromatic heterocycles. The zero-order valence-corrected chi connectivity index (χ0v) is 18.0. The Morgan fingerprint density at radius 1 is 1.00 bits per heavy atom. The number of halogens is 1. The Morgan fingerprint density at radius 3 is 2.39 bits per heavy atom. The van der Waals surface area contributed by atoms with Gasteiger partial charge in [0.25, 0.3) is 0 Å². The van der Waals surface area contributed by atoms with Gasteiger partial charge < -0.3 is 9.15 Å². The lowest BCUT2D eigenvalue weighted by Crippen LogP contribution is -2.17. The van der Waals surface area contributed by atoms with Crippen LogP contribution >= 0.6 is 11.6 Å². The molecule has 0 N–H and O–H groups in total. The maximum Gasteiger partial charge on any atom is 0.235 e. The van der Waals surface area contributed by atoms with Crippen molar-refractivity contribution in [1.82, 2.24) is 0 Å². The lowest BCUT2D eigenvalue weighted by atomic mass is 10.0. The highest BCUT2D eigenvalue weighted by atomic mass is 35.5. The molecule has 0 fully saturated rings. The van der Waals surface area contributed by atoms with Crippen molar-refractivity contribution in [3.05, 3.63) is 99.2 Å². The molecule has 0 aliphatic carbocycles. The van der Waals surface area contributed by atoms with E-state index < -0.39 is 0 Å². The van der Waals surface area contributed by atoms with Gasteiger partial charge in [-0.15, -0.1) is 0 Å². The van der Waals surface area contributed by atoms with E-state index in [1.165, 1.54) is 6.07 Å². The van der Waals surface area contributed by atoms with Crippen molar-refractivity contribution in [2.45, 2.75) is 19.8 Å². The monoisotopic (exact) mass is 432 g/mol. The van der Waals surface area contributed by atoms with Crippen LogP contribution in [0.15, 0.2) is 82.0 Å². The molecule has 0 bridgehead atoms. The van der Waals surface area contributed by atoms with Gasteiger partial charge in [0.1, 0.15) is 5.58 Å². The van der Waals surface area contributed by atoms with E-state index in [4.69, 9.17) is 20.8 Å². The SMILES string of the molecule is CC(C)c1ccc(C(=O)COc2c(-c3ccccc3)oc3ccc(Cl)cc3c2=O)cc1. The molecule has 0 spiro atoms. The van der Waals surface area contributed by atoms with Crippen LogP contribution in [-0.4, -0.2) is 12.4 Å². The molecule has 4 rings (SSSR count). The second kappa shape index (κ2) is 8.78. The third kappa shape index (κ3) is 4.39. The summed E-state index contributed by atoms with van der Waals surface area (Å²) >= 11 is 6.07. The van der Waals surface area contributed by atoms with Crippen LogP contribution in [0.4, 0.5) is 0 Å². The maximum atomic E-state index is 13.2. The number of ether oxygens (including phenoxy) is 1. The first-order valence-corrected chi connectivity index (χ1v) is 10.4. The Kier molecular flexibility index (Phi) is 5.92. The molecule has 4 nitrogen and oxygen atoms in total. The topological polar surface area (TPSA) is 56.5 Å². The Morgan fingerprint density at radius 2 is 1.71 bits per heavy atom. The summed E-state index contributed by atoms with van der Waals surface area (Å²) in [5.41, 5.74) is 2.39. The van der Waals surface area contributed by atoms with E-state index in [1.54, 1.807) is 24.3 Å². The molecular formula is C26H21ClO4. The number of rotatable bonds is 6. The van der Waals surface area contributed by atoms with Crippen molar-refractivity contribution in [3.8, 4) is 17.1 Å². The minimum Gasteiger partial charge on any atom is -0.478 e. The molecule has 0 saturated carbocycles. The fourth-order valence-corrected chi connectivity index (χ4v) is 3.51. The first-order chi connectivity index (χ1) is 14.9. The van der Waals surface area contributed by atoms with Gasteiger partial charge >= 0.3 is 0 Å². The van der Waals surface area contributed by atoms with Gasteiger partial charge in [0.15, 0.2) is 18.2 Å². The minimum absolute atomic E-state index is 0.00637. The normalized spacial score (nSPS) is 11.1. The number of hydrogen-bond donors (Lipinski definition) is 0. The molecule has 0 unspecified atom stereocenters. The van der Waals surface area contributed by atoms with Crippen LogP contribution < -0.4 is 10.2 Å². The molecule has 0 radical (unpaired) electrons. The fraction of sp³-hybridized carbons (Fsp3) is 0.154. The quantitative estimate of drug-likeness (QED) is 0.326. The van der Waals surface area contributed by atoms with Crippen LogP contribution in [0, 0.1) is 0 Å². The number of benzene rings is 3. The molecule has 0 atom stereocenters. The summed E-state index contributed by atoms with van der Waals surface area (Å²) in [6.45, 7) is 3.91. The summed E-state index contributed by atoms with van der Waals surface area (Å²) in [6.07, 6.45) is 0. The van der Waals surface area contributed by atoms with Crippen molar-refractivity contribution >= 4 is 28.4 Å². The van der Waals surface area contributed by atoms with Crippen molar-refractivity contribution in [2.24, 2.45) is 0 Å². The van der Waals surface area contributed by atoms with Crippen molar-refractivity contribution in [2.75, 3.05) is 6.61 Å². The number of Topliss-reactive ketones (excluding diaryl/α,β-unsaturated/α-hetero) is 1. The number of fused-ring (bicyclic) bond motifs is 1. The highest BCUT2D eigenvalue weighted by Crippen LogP contribution is 2.31. The van der Waals surface area contributed by atoms with Gasteiger partial charge in [0.05, 0.1) is 5.39 Å². The number of hydrogen-bond acceptors (Lipinski definition) is 4.